The van der Waals surface area contributed by atoms with E-state index in [2.05, 4.69) is 5.32 Å². The topological polar surface area (TPSA) is 67.9 Å². The molecule has 136 valence electrons. The van der Waals surface area contributed by atoms with Gasteiger partial charge in [0.05, 0.1) is 24.4 Å². The number of carbonyl (C=O) groups excluding carboxylic acids is 2. The van der Waals surface area contributed by atoms with Crippen molar-refractivity contribution >= 4 is 35.0 Å². The van der Waals surface area contributed by atoms with Gasteiger partial charge in [-0.1, -0.05) is 17.7 Å². The highest BCUT2D eigenvalue weighted by Gasteiger charge is 2.28. The molecule has 3 rings (SSSR count). The number of nitrogens with one attached hydrogen (secondary N) is 1. The summed E-state index contributed by atoms with van der Waals surface area (Å²) in [5.74, 6) is 0.171. The van der Waals surface area contributed by atoms with E-state index in [-0.39, 0.29) is 12.1 Å². The van der Waals surface area contributed by atoms with Gasteiger partial charge in [-0.3, -0.25) is 4.90 Å². The molecule has 2 amide bonds. The van der Waals surface area contributed by atoms with Gasteiger partial charge in [0.25, 0.3) is 0 Å². The van der Waals surface area contributed by atoms with Gasteiger partial charge in [0.15, 0.2) is 0 Å². The molecule has 2 aromatic carbocycles. The molecule has 0 radical (unpaired) electrons. The molecule has 1 N–H and O–H groups in total. The first-order valence-electron chi connectivity index (χ1n) is 8.30. The van der Waals surface area contributed by atoms with Crippen LogP contribution in [0.2, 0.25) is 5.02 Å². The first-order valence-corrected chi connectivity index (χ1v) is 8.67. The zero-order chi connectivity index (χ0) is 18.7. The highest BCUT2D eigenvalue weighted by atomic mass is 35.5. The van der Waals surface area contributed by atoms with Crippen molar-refractivity contribution in [1.29, 1.82) is 0 Å². The lowest BCUT2D eigenvalue weighted by molar-refractivity contribution is 0.0526. The molecule has 0 aromatic heterocycles. The number of hydrogen-bond donors (Lipinski definition) is 1. The molecule has 1 atom stereocenters. The van der Waals surface area contributed by atoms with Gasteiger partial charge in [-0.25, -0.2) is 9.59 Å². The van der Waals surface area contributed by atoms with Crippen LogP contribution >= 0.6 is 11.6 Å². The van der Waals surface area contributed by atoms with E-state index in [0.29, 0.717) is 40.9 Å². The van der Waals surface area contributed by atoms with Gasteiger partial charge in [-0.05, 0) is 50.2 Å². The second-order valence-electron chi connectivity index (χ2n) is 5.88. The maximum atomic E-state index is 12.8. The number of ether oxygens (including phenoxy) is 2. The zero-order valence-corrected chi connectivity index (χ0v) is 15.2. The minimum atomic E-state index is -0.430. The van der Waals surface area contributed by atoms with Crippen LogP contribution in [-0.4, -0.2) is 31.3 Å². The smallest absolute Gasteiger partial charge is 0.338 e. The number of nitrogens with zero attached hydrogens (tertiary/aromatic N) is 1. The number of fused-ring (bicyclic) bond motifs is 1. The Kier molecular flexibility index (Phi) is 5.32. The van der Waals surface area contributed by atoms with Gasteiger partial charge in [0.2, 0.25) is 0 Å². The Morgan fingerprint density at radius 1 is 1.31 bits per heavy atom. The molecule has 2 aromatic rings. The summed E-state index contributed by atoms with van der Waals surface area (Å²) in [6.07, 6.45) is -0.153. The van der Waals surface area contributed by atoms with Crippen molar-refractivity contribution in [3.8, 4) is 5.75 Å². The van der Waals surface area contributed by atoms with Crippen LogP contribution < -0.4 is 15.0 Å². The van der Waals surface area contributed by atoms with Crippen molar-refractivity contribution in [3.63, 3.8) is 0 Å². The molecule has 0 spiro atoms. The first-order chi connectivity index (χ1) is 12.5. The van der Waals surface area contributed by atoms with E-state index in [9.17, 15) is 9.59 Å². The van der Waals surface area contributed by atoms with E-state index in [4.69, 9.17) is 21.1 Å². The average Bonchev–Trinajstić information content (AvgIpc) is 2.62. The largest absolute Gasteiger partial charge is 0.487 e. The van der Waals surface area contributed by atoms with Crippen molar-refractivity contribution in [1.82, 2.24) is 0 Å². The van der Waals surface area contributed by atoms with E-state index < -0.39 is 5.97 Å². The first kappa shape index (κ1) is 18.1. The summed E-state index contributed by atoms with van der Waals surface area (Å²) in [6.45, 7) is 4.31. The fourth-order valence-electron chi connectivity index (χ4n) is 2.73. The number of rotatable bonds is 3. The third-order valence-corrected chi connectivity index (χ3v) is 4.08. The second kappa shape index (κ2) is 7.66. The number of carbonyl (C=O) groups is 2. The standard InChI is InChI=1S/C19H19ClN2O4/c1-3-25-18(23)13-5-4-6-15(9-13)21-19(24)22-11-12(2)26-17-8-7-14(20)10-16(17)22/h4-10,12H,3,11H2,1-2H3,(H,21,24)/t12-/m0/s1. The van der Waals surface area contributed by atoms with Crippen LogP contribution in [0.1, 0.15) is 24.2 Å². The minimum absolute atomic E-state index is 0.153. The van der Waals surface area contributed by atoms with Gasteiger partial charge in [-0.2, -0.15) is 0 Å². The third-order valence-electron chi connectivity index (χ3n) is 3.85. The van der Waals surface area contributed by atoms with Crippen LogP contribution in [0, 0.1) is 0 Å². The van der Waals surface area contributed by atoms with E-state index in [1.54, 1.807) is 54.3 Å². The molecule has 0 aliphatic carbocycles. The second-order valence-corrected chi connectivity index (χ2v) is 6.32. The SMILES string of the molecule is CCOC(=O)c1cccc(NC(=O)N2C[C@H](C)Oc3ccc(Cl)cc32)c1. The lowest BCUT2D eigenvalue weighted by Gasteiger charge is -2.33. The molecule has 0 saturated carbocycles. The fraction of sp³-hybridized carbons (Fsp3) is 0.263. The van der Waals surface area contributed by atoms with Crippen LogP contribution in [0.15, 0.2) is 42.5 Å². The molecule has 26 heavy (non-hydrogen) atoms. The normalized spacial score (nSPS) is 15.7. The molecule has 1 aliphatic heterocycles. The van der Waals surface area contributed by atoms with E-state index in [1.807, 2.05) is 6.92 Å². The van der Waals surface area contributed by atoms with E-state index >= 15 is 0 Å². The Morgan fingerprint density at radius 2 is 2.12 bits per heavy atom. The van der Waals surface area contributed by atoms with Crippen molar-refractivity contribution < 1.29 is 19.1 Å². The molecule has 7 heteroatoms. The van der Waals surface area contributed by atoms with E-state index in [0.717, 1.165) is 0 Å². The summed E-state index contributed by atoms with van der Waals surface area (Å²) in [5, 5.41) is 3.33. The average molecular weight is 375 g/mol. The Morgan fingerprint density at radius 3 is 2.88 bits per heavy atom. The predicted octanol–water partition coefficient (Wildman–Crippen LogP) is 4.34. The Balaban J connectivity index is 1.82. The number of halogens is 1. The van der Waals surface area contributed by atoms with Crippen molar-refractivity contribution in [3.05, 3.63) is 53.1 Å². The summed E-state index contributed by atoms with van der Waals surface area (Å²) in [6, 6.07) is 11.4. The number of amides is 2. The summed E-state index contributed by atoms with van der Waals surface area (Å²) < 4.78 is 10.7. The predicted molar refractivity (Wildman–Crippen MR) is 100 cm³/mol. The highest BCUT2D eigenvalue weighted by Crippen LogP contribution is 2.36. The van der Waals surface area contributed by atoms with Gasteiger partial charge in [0, 0.05) is 10.7 Å². The molecule has 0 fully saturated rings. The van der Waals surface area contributed by atoms with Crippen molar-refractivity contribution in [2.24, 2.45) is 0 Å². The van der Waals surface area contributed by atoms with Gasteiger partial charge >= 0.3 is 12.0 Å². The minimum Gasteiger partial charge on any atom is -0.487 e. The number of anilines is 2. The number of esters is 1. The molecule has 1 heterocycles. The maximum Gasteiger partial charge on any atom is 0.338 e. The molecular weight excluding hydrogens is 356 g/mol. The summed E-state index contributed by atoms with van der Waals surface area (Å²) >= 11 is 6.06. The summed E-state index contributed by atoms with van der Waals surface area (Å²) in [4.78, 5) is 26.2. The maximum absolute atomic E-state index is 12.8. The lowest BCUT2D eigenvalue weighted by Crippen LogP contribution is -2.44. The van der Waals surface area contributed by atoms with Gasteiger partial charge in [0.1, 0.15) is 11.9 Å². The molecule has 0 bridgehead atoms. The van der Waals surface area contributed by atoms with Crippen LogP contribution in [-0.2, 0) is 4.74 Å². The molecule has 0 unspecified atom stereocenters. The van der Waals surface area contributed by atoms with Crippen LogP contribution in [0.4, 0.5) is 16.2 Å². The quantitative estimate of drug-likeness (QED) is 0.811. The third kappa shape index (κ3) is 3.91. The van der Waals surface area contributed by atoms with E-state index in [1.165, 1.54) is 0 Å². The molecule has 1 aliphatic rings. The van der Waals surface area contributed by atoms with Crippen molar-refractivity contribution in [2.45, 2.75) is 20.0 Å². The van der Waals surface area contributed by atoms with Crippen LogP contribution in [0.3, 0.4) is 0 Å². The zero-order valence-electron chi connectivity index (χ0n) is 14.5. The lowest BCUT2D eigenvalue weighted by atomic mass is 10.2. The monoisotopic (exact) mass is 374 g/mol. The Bertz CT molecular complexity index is 840. The summed E-state index contributed by atoms with van der Waals surface area (Å²) in [7, 11) is 0. The molecule has 6 nitrogen and oxygen atoms in total. The van der Waals surface area contributed by atoms with Gasteiger partial charge < -0.3 is 14.8 Å². The number of benzene rings is 2. The highest BCUT2D eigenvalue weighted by molar-refractivity contribution is 6.31. The Labute approximate surface area is 156 Å². The molecule has 0 saturated heterocycles. The molecular formula is C19H19ClN2O4. The van der Waals surface area contributed by atoms with Crippen LogP contribution in [0.25, 0.3) is 0 Å². The van der Waals surface area contributed by atoms with Crippen molar-refractivity contribution in [2.75, 3.05) is 23.4 Å². The fourth-order valence-corrected chi connectivity index (χ4v) is 2.90. The Hall–Kier alpha value is -2.73. The van der Waals surface area contributed by atoms with Gasteiger partial charge in [-0.15, -0.1) is 0 Å². The summed E-state index contributed by atoms with van der Waals surface area (Å²) in [5.41, 5.74) is 1.49. The number of hydrogen-bond acceptors (Lipinski definition) is 4. The number of urea groups is 1. The van der Waals surface area contributed by atoms with Crippen LogP contribution in [0.5, 0.6) is 5.75 Å².